The van der Waals surface area contributed by atoms with Gasteiger partial charge in [-0.15, -0.1) is 0 Å². The molecule has 3 aromatic rings. The fourth-order valence-corrected chi connectivity index (χ4v) is 3.49. The van der Waals surface area contributed by atoms with Gasteiger partial charge in [-0.2, -0.15) is 5.10 Å². The van der Waals surface area contributed by atoms with E-state index in [2.05, 4.69) is 15.4 Å². The van der Waals surface area contributed by atoms with Gasteiger partial charge >= 0.3 is 5.97 Å². The minimum Gasteiger partial charge on any atom is -0.462 e. The van der Waals surface area contributed by atoms with Gasteiger partial charge in [0.15, 0.2) is 5.78 Å². The maximum absolute atomic E-state index is 12.8. The molecule has 0 saturated heterocycles. The van der Waals surface area contributed by atoms with E-state index in [0.29, 0.717) is 45.1 Å². The van der Waals surface area contributed by atoms with Crippen LogP contribution in [0.5, 0.6) is 0 Å². The summed E-state index contributed by atoms with van der Waals surface area (Å²) >= 11 is 0. The number of aromatic amines is 1. The molecule has 30 heavy (non-hydrogen) atoms. The number of benzene rings is 1. The molecule has 0 aliphatic heterocycles. The molecular weight excluding hydrogens is 384 g/mol. The van der Waals surface area contributed by atoms with Crippen LogP contribution in [0.3, 0.4) is 0 Å². The van der Waals surface area contributed by atoms with Crippen LogP contribution in [-0.2, 0) is 4.74 Å². The minimum atomic E-state index is -0.426. The Kier molecular flexibility index (Phi) is 5.86. The van der Waals surface area contributed by atoms with Gasteiger partial charge in [0.2, 0.25) is 0 Å². The number of carbonyl (C=O) groups excluding carboxylic acids is 3. The average Bonchev–Trinajstić information content (AvgIpc) is 3.21. The zero-order valence-electron chi connectivity index (χ0n) is 17.6. The summed E-state index contributed by atoms with van der Waals surface area (Å²) in [6.07, 6.45) is 1.47. The molecule has 0 spiro atoms. The number of H-pyrrole nitrogens is 1. The molecule has 2 N–H and O–H groups in total. The second kappa shape index (κ2) is 8.36. The fourth-order valence-electron chi connectivity index (χ4n) is 3.49. The van der Waals surface area contributed by atoms with Crippen molar-refractivity contribution in [1.82, 2.24) is 14.8 Å². The van der Waals surface area contributed by atoms with Gasteiger partial charge in [-0.1, -0.05) is 6.07 Å². The number of hydrogen-bond acceptors (Lipinski definition) is 5. The highest BCUT2D eigenvalue weighted by atomic mass is 16.5. The molecule has 0 atom stereocenters. The molecule has 1 amide bonds. The Morgan fingerprint density at radius 2 is 1.93 bits per heavy atom. The number of anilines is 1. The molecule has 0 aliphatic carbocycles. The Morgan fingerprint density at radius 3 is 2.57 bits per heavy atom. The van der Waals surface area contributed by atoms with Crippen LogP contribution in [0, 0.1) is 20.8 Å². The summed E-state index contributed by atoms with van der Waals surface area (Å²) in [5, 5.41) is 7.12. The van der Waals surface area contributed by atoms with Gasteiger partial charge < -0.3 is 15.0 Å². The Balaban J connectivity index is 1.87. The highest BCUT2D eigenvalue weighted by Crippen LogP contribution is 2.22. The Morgan fingerprint density at radius 1 is 1.20 bits per heavy atom. The van der Waals surface area contributed by atoms with Gasteiger partial charge in [0.05, 0.1) is 24.2 Å². The summed E-state index contributed by atoms with van der Waals surface area (Å²) in [6, 6.07) is 7.11. The van der Waals surface area contributed by atoms with Crippen LogP contribution in [0.15, 0.2) is 30.5 Å². The minimum absolute atomic E-state index is 0.0890. The monoisotopic (exact) mass is 408 g/mol. The first-order valence-corrected chi connectivity index (χ1v) is 9.58. The molecule has 8 nitrogen and oxygen atoms in total. The predicted molar refractivity (Wildman–Crippen MR) is 112 cm³/mol. The lowest BCUT2D eigenvalue weighted by molar-refractivity contribution is 0.0525. The number of amides is 1. The number of nitrogens with one attached hydrogen (secondary N) is 2. The second-order valence-electron chi connectivity index (χ2n) is 6.96. The van der Waals surface area contributed by atoms with Crippen molar-refractivity contribution in [2.24, 2.45) is 0 Å². The van der Waals surface area contributed by atoms with Crippen molar-refractivity contribution in [3.05, 3.63) is 64.2 Å². The molecule has 156 valence electrons. The lowest BCUT2D eigenvalue weighted by Gasteiger charge is -2.09. The molecule has 0 bridgehead atoms. The third kappa shape index (κ3) is 3.89. The summed E-state index contributed by atoms with van der Waals surface area (Å²) < 4.78 is 6.66. The standard InChI is InChI=1S/C22H24N4O4/c1-6-30-22(29)18-11-23-26(14(18)4)17-9-7-8-16(10-17)25-21(28)20-12(2)19(15(5)27)13(3)24-20/h7-11,24H,6H2,1-5H3,(H,25,28). The van der Waals surface area contributed by atoms with E-state index in [0.717, 1.165) is 0 Å². The summed E-state index contributed by atoms with van der Waals surface area (Å²) in [6.45, 7) is 8.80. The van der Waals surface area contributed by atoms with Crippen LogP contribution in [-0.4, -0.2) is 39.0 Å². The molecule has 0 saturated carbocycles. The van der Waals surface area contributed by atoms with Crippen molar-refractivity contribution in [2.75, 3.05) is 11.9 Å². The Hall–Kier alpha value is -3.68. The Labute approximate surface area is 174 Å². The summed E-state index contributed by atoms with van der Waals surface area (Å²) in [7, 11) is 0. The van der Waals surface area contributed by atoms with E-state index in [9.17, 15) is 14.4 Å². The normalized spacial score (nSPS) is 10.7. The van der Waals surface area contributed by atoms with Crippen LogP contribution in [0.4, 0.5) is 5.69 Å². The lowest BCUT2D eigenvalue weighted by atomic mass is 10.1. The zero-order chi connectivity index (χ0) is 22.0. The van der Waals surface area contributed by atoms with Gasteiger partial charge in [0, 0.05) is 16.9 Å². The van der Waals surface area contributed by atoms with Crippen molar-refractivity contribution in [2.45, 2.75) is 34.6 Å². The topological polar surface area (TPSA) is 106 Å². The smallest absolute Gasteiger partial charge is 0.341 e. The third-order valence-electron chi connectivity index (χ3n) is 4.87. The summed E-state index contributed by atoms with van der Waals surface area (Å²) in [4.78, 5) is 39.6. The van der Waals surface area contributed by atoms with Crippen molar-refractivity contribution < 1.29 is 19.1 Å². The molecule has 8 heteroatoms. The molecule has 0 unspecified atom stereocenters. The van der Waals surface area contributed by atoms with E-state index in [4.69, 9.17) is 4.74 Å². The van der Waals surface area contributed by atoms with Crippen LogP contribution in [0.2, 0.25) is 0 Å². The van der Waals surface area contributed by atoms with Crippen molar-refractivity contribution in [3.63, 3.8) is 0 Å². The molecule has 0 fully saturated rings. The highest BCUT2D eigenvalue weighted by molar-refractivity contribution is 6.07. The first-order valence-electron chi connectivity index (χ1n) is 9.58. The van der Waals surface area contributed by atoms with Crippen LogP contribution in [0.25, 0.3) is 5.69 Å². The van der Waals surface area contributed by atoms with E-state index in [1.807, 2.05) is 6.07 Å². The first-order chi connectivity index (χ1) is 14.2. The van der Waals surface area contributed by atoms with Gasteiger partial charge in [-0.25, -0.2) is 9.48 Å². The van der Waals surface area contributed by atoms with E-state index in [-0.39, 0.29) is 18.3 Å². The van der Waals surface area contributed by atoms with Gasteiger partial charge in [-0.05, 0) is 58.4 Å². The first kappa shape index (κ1) is 21.0. The van der Waals surface area contributed by atoms with Gasteiger partial charge in [0.1, 0.15) is 11.3 Å². The number of ether oxygens (including phenoxy) is 1. The van der Waals surface area contributed by atoms with Crippen molar-refractivity contribution in [1.29, 1.82) is 0 Å². The molecule has 0 radical (unpaired) electrons. The van der Waals surface area contributed by atoms with Crippen LogP contribution in [0.1, 0.15) is 62.0 Å². The lowest BCUT2D eigenvalue weighted by Crippen LogP contribution is -2.14. The number of Topliss-reactive ketones (excluding diaryl/α,β-unsaturated/α-hetero) is 1. The van der Waals surface area contributed by atoms with E-state index in [1.165, 1.54) is 13.1 Å². The SMILES string of the molecule is CCOC(=O)c1cnn(-c2cccc(NC(=O)c3[nH]c(C)c(C(C)=O)c3C)c2)c1C. The Bertz CT molecular complexity index is 1140. The number of aromatic nitrogens is 3. The number of nitrogens with zero attached hydrogens (tertiary/aromatic N) is 2. The zero-order valence-corrected chi connectivity index (χ0v) is 17.6. The molecular formula is C22H24N4O4. The van der Waals surface area contributed by atoms with E-state index >= 15 is 0 Å². The number of esters is 1. The molecule has 0 aliphatic rings. The predicted octanol–water partition coefficient (Wildman–Crippen LogP) is 3.76. The number of aryl methyl sites for hydroxylation is 1. The number of carbonyl (C=O) groups is 3. The van der Waals surface area contributed by atoms with Gasteiger partial charge in [0.25, 0.3) is 5.91 Å². The summed E-state index contributed by atoms with van der Waals surface area (Å²) in [5.41, 5.74) is 4.44. The molecule has 3 rings (SSSR count). The molecule has 2 aromatic heterocycles. The van der Waals surface area contributed by atoms with E-state index < -0.39 is 5.97 Å². The van der Waals surface area contributed by atoms with E-state index in [1.54, 1.807) is 50.6 Å². The molecule has 2 heterocycles. The van der Waals surface area contributed by atoms with Crippen LogP contribution < -0.4 is 5.32 Å². The quantitative estimate of drug-likeness (QED) is 0.477. The number of ketones is 1. The third-order valence-corrected chi connectivity index (χ3v) is 4.87. The van der Waals surface area contributed by atoms with Gasteiger partial charge in [-0.3, -0.25) is 9.59 Å². The second-order valence-corrected chi connectivity index (χ2v) is 6.96. The van der Waals surface area contributed by atoms with Crippen molar-refractivity contribution in [3.8, 4) is 5.69 Å². The maximum Gasteiger partial charge on any atom is 0.341 e. The molecule has 1 aromatic carbocycles. The highest BCUT2D eigenvalue weighted by Gasteiger charge is 2.20. The number of hydrogen-bond donors (Lipinski definition) is 2. The average molecular weight is 408 g/mol. The fraction of sp³-hybridized carbons (Fsp3) is 0.273. The van der Waals surface area contributed by atoms with Crippen LogP contribution >= 0.6 is 0 Å². The maximum atomic E-state index is 12.8. The summed E-state index contributed by atoms with van der Waals surface area (Å²) in [5.74, 6) is -0.858. The largest absolute Gasteiger partial charge is 0.462 e. The van der Waals surface area contributed by atoms with Crippen molar-refractivity contribution >= 4 is 23.3 Å². The number of rotatable bonds is 6.